The zero-order valence-corrected chi connectivity index (χ0v) is 8.30. The van der Waals surface area contributed by atoms with E-state index in [9.17, 15) is 0 Å². The lowest BCUT2D eigenvalue weighted by Crippen LogP contribution is -2.60. The van der Waals surface area contributed by atoms with Gasteiger partial charge in [0.2, 0.25) is 0 Å². The Labute approximate surface area is 74.9 Å². The quantitative estimate of drug-likeness (QED) is 0.627. The predicted molar refractivity (Wildman–Crippen MR) is 50.2 cm³/mol. The van der Waals surface area contributed by atoms with Crippen LogP contribution in [0.25, 0.3) is 0 Å². The molecule has 0 aromatic heterocycles. The van der Waals surface area contributed by atoms with E-state index in [0.29, 0.717) is 6.17 Å². The highest BCUT2D eigenvalue weighted by atomic mass is 15.7. The third-order valence-electron chi connectivity index (χ3n) is 2.18. The fourth-order valence-electron chi connectivity index (χ4n) is 1.33. The number of hydrazine groups is 1. The molecule has 0 amide bonds. The first-order valence-corrected chi connectivity index (χ1v) is 4.63. The van der Waals surface area contributed by atoms with Crippen LogP contribution in [0.4, 0.5) is 0 Å². The maximum absolute atomic E-state index is 3.42. The van der Waals surface area contributed by atoms with Gasteiger partial charge in [-0.1, -0.05) is 13.3 Å². The Morgan fingerprint density at radius 1 is 1.33 bits per heavy atom. The first kappa shape index (κ1) is 9.92. The summed E-state index contributed by atoms with van der Waals surface area (Å²) in [6, 6.07) is 0. The molecule has 1 saturated heterocycles. The molecule has 0 aromatic rings. The number of hydrogen-bond acceptors (Lipinski definition) is 4. The van der Waals surface area contributed by atoms with Gasteiger partial charge in [0.1, 0.15) is 0 Å². The van der Waals surface area contributed by atoms with Crippen LogP contribution in [0, 0.1) is 0 Å². The summed E-state index contributed by atoms with van der Waals surface area (Å²) in [4.78, 5) is 0. The predicted octanol–water partition coefficient (Wildman–Crippen LogP) is -0.001000. The van der Waals surface area contributed by atoms with E-state index in [4.69, 9.17) is 0 Å². The fraction of sp³-hybridized carbons (Fsp3) is 1.00. The third kappa shape index (κ3) is 2.71. The van der Waals surface area contributed by atoms with Crippen LogP contribution in [-0.2, 0) is 0 Å². The van der Waals surface area contributed by atoms with Crippen molar-refractivity contribution >= 4 is 0 Å². The van der Waals surface area contributed by atoms with Gasteiger partial charge in [-0.3, -0.25) is 10.6 Å². The summed E-state index contributed by atoms with van der Waals surface area (Å²) in [5.41, 5.74) is 0. The Morgan fingerprint density at radius 2 is 1.92 bits per heavy atom. The second kappa shape index (κ2) is 4.77. The van der Waals surface area contributed by atoms with Gasteiger partial charge in [0.15, 0.2) is 0 Å². The van der Waals surface area contributed by atoms with Crippen molar-refractivity contribution in [2.75, 3.05) is 27.4 Å². The number of nitrogens with zero attached hydrogens (tertiary/aromatic N) is 2. The molecule has 0 unspecified atom stereocenters. The molecule has 2 N–H and O–H groups in total. The largest absolute Gasteiger partial charge is 0.288 e. The summed E-state index contributed by atoms with van der Waals surface area (Å²) in [5.74, 6) is 0. The van der Waals surface area contributed by atoms with E-state index in [-0.39, 0.29) is 0 Å². The highest BCUT2D eigenvalue weighted by molar-refractivity contribution is 4.68. The molecule has 0 spiro atoms. The van der Waals surface area contributed by atoms with Crippen molar-refractivity contribution in [2.24, 2.45) is 0 Å². The molecule has 1 aliphatic heterocycles. The van der Waals surface area contributed by atoms with Crippen molar-refractivity contribution in [1.82, 2.24) is 20.7 Å². The Morgan fingerprint density at radius 3 is 2.33 bits per heavy atom. The topological polar surface area (TPSA) is 30.5 Å². The summed E-state index contributed by atoms with van der Waals surface area (Å²) in [5, 5.41) is 11.2. The average Bonchev–Trinajstić information content (AvgIpc) is 2.06. The molecule has 0 bridgehead atoms. The lowest BCUT2D eigenvalue weighted by atomic mass is 10.2. The van der Waals surface area contributed by atoms with Crippen LogP contribution in [0.1, 0.15) is 19.8 Å². The van der Waals surface area contributed by atoms with Crippen LogP contribution in [0.5, 0.6) is 0 Å². The maximum atomic E-state index is 3.42. The Balaban J connectivity index is 2.20. The smallest absolute Gasteiger partial charge is 0.0649 e. The highest BCUT2D eigenvalue weighted by Gasteiger charge is 2.17. The molecule has 0 aliphatic carbocycles. The first-order valence-electron chi connectivity index (χ1n) is 4.63. The van der Waals surface area contributed by atoms with Crippen LogP contribution in [-0.4, -0.2) is 43.6 Å². The maximum Gasteiger partial charge on any atom is 0.0649 e. The van der Waals surface area contributed by atoms with E-state index in [1.165, 1.54) is 12.8 Å². The van der Waals surface area contributed by atoms with Gasteiger partial charge in [-0.15, -0.1) is 0 Å². The van der Waals surface area contributed by atoms with Gasteiger partial charge in [-0.2, -0.15) is 0 Å². The van der Waals surface area contributed by atoms with Gasteiger partial charge >= 0.3 is 0 Å². The van der Waals surface area contributed by atoms with Crippen molar-refractivity contribution < 1.29 is 0 Å². The highest BCUT2D eigenvalue weighted by Crippen LogP contribution is 1.99. The van der Waals surface area contributed by atoms with Gasteiger partial charge < -0.3 is 0 Å². The van der Waals surface area contributed by atoms with Crippen molar-refractivity contribution in [3.63, 3.8) is 0 Å². The lowest BCUT2D eigenvalue weighted by molar-refractivity contribution is -0.0241. The molecule has 0 saturated carbocycles. The van der Waals surface area contributed by atoms with E-state index in [1.807, 2.05) is 0 Å². The SMILES string of the molecule is CCCC1NCN(N(C)C)CN1. The van der Waals surface area contributed by atoms with E-state index in [0.717, 1.165) is 13.3 Å². The first-order chi connectivity index (χ1) is 5.74. The fourth-order valence-corrected chi connectivity index (χ4v) is 1.33. The molecular weight excluding hydrogens is 152 g/mol. The molecule has 0 atom stereocenters. The van der Waals surface area contributed by atoms with Gasteiger partial charge in [-0.05, 0) is 6.42 Å². The van der Waals surface area contributed by atoms with Gasteiger partial charge in [-0.25, -0.2) is 10.0 Å². The van der Waals surface area contributed by atoms with E-state index in [2.05, 4.69) is 41.7 Å². The molecule has 0 radical (unpaired) electrons. The van der Waals surface area contributed by atoms with Crippen molar-refractivity contribution in [2.45, 2.75) is 25.9 Å². The summed E-state index contributed by atoms with van der Waals surface area (Å²) < 4.78 is 0. The summed E-state index contributed by atoms with van der Waals surface area (Å²) in [6.07, 6.45) is 2.94. The number of hydrogen-bond donors (Lipinski definition) is 2. The second-order valence-corrected chi connectivity index (χ2v) is 3.42. The van der Waals surface area contributed by atoms with Crippen LogP contribution >= 0.6 is 0 Å². The summed E-state index contributed by atoms with van der Waals surface area (Å²) >= 11 is 0. The molecule has 4 heteroatoms. The van der Waals surface area contributed by atoms with Crippen molar-refractivity contribution in [3.05, 3.63) is 0 Å². The number of rotatable bonds is 3. The molecule has 0 aromatic carbocycles. The van der Waals surface area contributed by atoms with Crippen LogP contribution in [0.2, 0.25) is 0 Å². The minimum atomic E-state index is 0.506. The molecule has 12 heavy (non-hydrogen) atoms. The lowest BCUT2D eigenvalue weighted by Gasteiger charge is -2.37. The van der Waals surface area contributed by atoms with E-state index in [1.54, 1.807) is 0 Å². The third-order valence-corrected chi connectivity index (χ3v) is 2.18. The molecular formula is C8H20N4. The van der Waals surface area contributed by atoms with Gasteiger partial charge in [0, 0.05) is 14.1 Å². The molecule has 4 nitrogen and oxygen atoms in total. The van der Waals surface area contributed by atoms with Crippen LogP contribution in [0.15, 0.2) is 0 Å². The Kier molecular flexibility index (Phi) is 3.94. The summed E-state index contributed by atoms with van der Waals surface area (Å²) in [7, 11) is 4.12. The molecule has 1 fully saturated rings. The van der Waals surface area contributed by atoms with Gasteiger partial charge in [0.25, 0.3) is 0 Å². The second-order valence-electron chi connectivity index (χ2n) is 3.42. The standard InChI is InChI=1S/C8H20N4/c1-4-5-8-9-6-12(7-10-8)11(2)3/h8-10H,4-7H2,1-3H3. The van der Waals surface area contributed by atoms with Gasteiger partial charge in [0.05, 0.1) is 19.5 Å². The zero-order chi connectivity index (χ0) is 8.97. The molecule has 1 rings (SSSR count). The van der Waals surface area contributed by atoms with Crippen LogP contribution < -0.4 is 10.6 Å². The zero-order valence-electron chi connectivity index (χ0n) is 8.30. The minimum absolute atomic E-state index is 0.506. The average molecular weight is 172 g/mol. The van der Waals surface area contributed by atoms with Crippen LogP contribution in [0.3, 0.4) is 0 Å². The Bertz CT molecular complexity index is 118. The van der Waals surface area contributed by atoms with Crippen molar-refractivity contribution in [3.8, 4) is 0 Å². The normalized spacial score (nSPS) is 22.0. The Hall–Kier alpha value is -0.160. The molecule has 1 heterocycles. The molecule has 72 valence electrons. The van der Waals surface area contributed by atoms with E-state index >= 15 is 0 Å². The monoisotopic (exact) mass is 172 g/mol. The van der Waals surface area contributed by atoms with E-state index < -0.39 is 0 Å². The molecule has 1 aliphatic rings. The van der Waals surface area contributed by atoms with Crippen molar-refractivity contribution in [1.29, 1.82) is 0 Å². The number of nitrogens with one attached hydrogen (secondary N) is 2. The minimum Gasteiger partial charge on any atom is -0.288 e. The summed E-state index contributed by atoms with van der Waals surface area (Å²) in [6.45, 7) is 4.11.